The molecule has 1 aromatic heterocycles. The van der Waals surface area contributed by atoms with Gasteiger partial charge in [-0.1, -0.05) is 45.6 Å². The first kappa shape index (κ1) is 25.8. The molecule has 0 bridgehead atoms. The molecule has 3 aromatic rings. The van der Waals surface area contributed by atoms with Gasteiger partial charge >= 0.3 is 6.18 Å². The van der Waals surface area contributed by atoms with Crippen LogP contribution in [0.15, 0.2) is 48.5 Å². The van der Waals surface area contributed by atoms with Crippen molar-refractivity contribution in [3.05, 3.63) is 59.9 Å². The number of alkyl halides is 3. The van der Waals surface area contributed by atoms with Crippen molar-refractivity contribution >= 4 is 16.7 Å². The third kappa shape index (κ3) is 6.09. The number of carbonyl (C=O) groups excluding carboxylic acids is 1. The maximum Gasteiger partial charge on any atom is 0.408 e. The Bertz CT molecular complexity index is 1200. The molecule has 1 saturated carbocycles. The molecule has 0 radical (unpaired) electrons. The number of fused-ring (bicyclic) bond motifs is 1. The van der Waals surface area contributed by atoms with Gasteiger partial charge < -0.3 is 14.8 Å². The van der Waals surface area contributed by atoms with Crippen molar-refractivity contribution in [3.8, 4) is 17.2 Å². The maximum absolute atomic E-state index is 13.5. The van der Waals surface area contributed by atoms with Gasteiger partial charge in [-0.2, -0.15) is 13.2 Å². The van der Waals surface area contributed by atoms with Gasteiger partial charge in [0.15, 0.2) is 0 Å². The van der Waals surface area contributed by atoms with Gasteiger partial charge in [0.2, 0.25) is 0 Å². The van der Waals surface area contributed by atoms with E-state index in [4.69, 9.17) is 9.47 Å². The van der Waals surface area contributed by atoms with Crippen molar-refractivity contribution in [2.24, 2.45) is 11.8 Å². The Kier molecular flexibility index (Phi) is 7.71. The Hall–Kier alpha value is -3.29. The van der Waals surface area contributed by atoms with E-state index in [1.165, 1.54) is 13.8 Å². The van der Waals surface area contributed by atoms with Crippen molar-refractivity contribution < 1.29 is 27.4 Å². The van der Waals surface area contributed by atoms with Crippen molar-refractivity contribution in [1.29, 1.82) is 0 Å². The number of ether oxygens (including phenoxy) is 2. The molecule has 1 aliphatic carbocycles. The normalized spacial score (nSPS) is 15.3. The highest BCUT2D eigenvalue weighted by Gasteiger charge is 2.42. The first-order valence-electron chi connectivity index (χ1n) is 12.3. The Labute approximate surface area is 209 Å². The molecule has 8 heteroatoms. The molecule has 5 nitrogen and oxygen atoms in total. The summed E-state index contributed by atoms with van der Waals surface area (Å²) >= 11 is 0. The number of amides is 1. The highest BCUT2D eigenvalue weighted by Crippen LogP contribution is 2.33. The van der Waals surface area contributed by atoms with Crippen molar-refractivity contribution in [3.63, 3.8) is 0 Å². The van der Waals surface area contributed by atoms with Gasteiger partial charge in [-0.05, 0) is 66.1 Å². The van der Waals surface area contributed by atoms with Crippen molar-refractivity contribution in [2.45, 2.75) is 58.2 Å². The van der Waals surface area contributed by atoms with E-state index in [1.807, 2.05) is 12.1 Å². The topological polar surface area (TPSA) is 60.5 Å². The lowest BCUT2D eigenvalue weighted by molar-refractivity contribution is -0.162. The minimum Gasteiger partial charge on any atom is -0.497 e. The fourth-order valence-electron chi connectivity index (χ4n) is 4.74. The third-order valence-electron chi connectivity index (χ3n) is 6.67. The quantitative estimate of drug-likeness (QED) is 0.359. The van der Waals surface area contributed by atoms with Crippen LogP contribution in [0.2, 0.25) is 0 Å². The minimum atomic E-state index is -4.54. The summed E-state index contributed by atoms with van der Waals surface area (Å²) in [5.74, 6) is 0.785. The van der Waals surface area contributed by atoms with Gasteiger partial charge in [0.25, 0.3) is 5.91 Å². The molecular weight excluding hydrogens is 469 g/mol. The average molecular weight is 501 g/mol. The summed E-state index contributed by atoms with van der Waals surface area (Å²) in [5.41, 5.74) is 0.701. The molecule has 1 atom stereocenters. The van der Waals surface area contributed by atoms with Gasteiger partial charge in [-0.15, -0.1) is 0 Å². The zero-order chi connectivity index (χ0) is 25.9. The van der Waals surface area contributed by atoms with Crippen LogP contribution in [0.5, 0.6) is 17.2 Å². The average Bonchev–Trinajstić information content (AvgIpc) is 3.35. The van der Waals surface area contributed by atoms with Gasteiger partial charge in [-0.25, -0.2) is 4.98 Å². The maximum atomic E-state index is 13.5. The second kappa shape index (κ2) is 10.8. The van der Waals surface area contributed by atoms with Crippen LogP contribution in [0.25, 0.3) is 10.8 Å². The van der Waals surface area contributed by atoms with Crippen molar-refractivity contribution in [1.82, 2.24) is 10.3 Å². The molecule has 4 rings (SSSR count). The predicted octanol–water partition coefficient (Wildman–Crippen LogP) is 7.09. The molecule has 1 amide bonds. The Morgan fingerprint density at radius 2 is 1.67 bits per heavy atom. The number of hydrogen-bond acceptors (Lipinski definition) is 4. The number of nitrogens with one attached hydrogen (secondary N) is 1. The number of hydrogen-bond donors (Lipinski definition) is 1. The summed E-state index contributed by atoms with van der Waals surface area (Å²) in [7, 11) is 1.60. The van der Waals surface area contributed by atoms with E-state index in [9.17, 15) is 18.0 Å². The van der Waals surface area contributed by atoms with Crippen molar-refractivity contribution in [2.75, 3.05) is 7.11 Å². The summed E-state index contributed by atoms with van der Waals surface area (Å²) < 4.78 is 51.6. The number of benzene rings is 2. The first-order valence-corrected chi connectivity index (χ1v) is 12.3. The summed E-state index contributed by atoms with van der Waals surface area (Å²) in [5, 5.41) is 3.72. The fraction of sp³-hybridized carbons (Fsp3) is 0.429. The molecule has 1 N–H and O–H groups in total. The molecule has 0 aliphatic heterocycles. The van der Waals surface area contributed by atoms with E-state index in [1.54, 1.807) is 43.5 Å². The van der Waals surface area contributed by atoms with Crippen LogP contribution in [0, 0.1) is 11.8 Å². The predicted molar refractivity (Wildman–Crippen MR) is 133 cm³/mol. The second-order valence-electron chi connectivity index (χ2n) is 9.71. The number of methoxy groups -OCH3 is 1. The molecule has 0 unspecified atom stereocenters. The van der Waals surface area contributed by atoms with E-state index in [2.05, 4.69) is 10.3 Å². The number of nitrogens with zero attached hydrogens (tertiary/aromatic N) is 1. The van der Waals surface area contributed by atoms with Crippen LogP contribution in [-0.2, 0) is 6.42 Å². The van der Waals surface area contributed by atoms with Crippen LogP contribution < -0.4 is 14.8 Å². The van der Waals surface area contributed by atoms with Crippen LogP contribution >= 0.6 is 0 Å². The Morgan fingerprint density at radius 1 is 1.03 bits per heavy atom. The zero-order valence-electron chi connectivity index (χ0n) is 20.7. The molecule has 1 aliphatic rings. The second-order valence-corrected chi connectivity index (χ2v) is 9.71. The van der Waals surface area contributed by atoms with Crippen LogP contribution in [-0.4, -0.2) is 30.2 Å². The number of pyridine rings is 1. The largest absolute Gasteiger partial charge is 0.497 e. The van der Waals surface area contributed by atoms with Gasteiger partial charge in [0, 0.05) is 11.1 Å². The zero-order valence-corrected chi connectivity index (χ0v) is 20.7. The molecule has 2 aromatic carbocycles. The van der Waals surface area contributed by atoms with E-state index < -0.39 is 24.0 Å². The number of halogens is 3. The van der Waals surface area contributed by atoms with Crippen LogP contribution in [0.4, 0.5) is 13.2 Å². The van der Waals surface area contributed by atoms with Crippen LogP contribution in [0.1, 0.15) is 55.7 Å². The number of rotatable bonds is 8. The van der Waals surface area contributed by atoms with Gasteiger partial charge in [-0.3, -0.25) is 4.79 Å². The highest BCUT2D eigenvalue weighted by molar-refractivity contribution is 5.97. The van der Waals surface area contributed by atoms with E-state index >= 15 is 0 Å². The lowest BCUT2D eigenvalue weighted by Gasteiger charge is -2.25. The smallest absolute Gasteiger partial charge is 0.408 e. The van der Waals surface area contributed by atoms with Crippen LogP contribution in [0.3, 0.4) is 0 Å². The summed E-state index contributed by atoms with van der Waals surface area (Å²) in [4.78, 5) is 17.5. The summed E-state index contributed by atoms with van der Waals surface area (Å²) in [6, 6.07) is 12.3. The standard InChI is InChI=1S/C28H31F3N2O3/c1-17(2)26(28(29,30)31)33-27(34)25-15-19-8-9-22(36-21-12-10-20(35-3)11-13-21)16-23(19)24(32-25)14-18-6-4-5-7-18/h8-13,15-18,26H,4-7,14H2,1-3H3,(H,33,34)/t26-/m0/s1. The minimum absolute atomic E-state index is 0.00535. The molecule has 1 heterocycles. The van der Waals surface area contributed by atoms with E-state index in [-0.39, 0.29) is 5.69 Å². The molecule has 36 heavy (non-hydrogen) atoms. The van der Waals surface area contributed by atoms with E-state index in [0.717, 1.165) is 42.2 Å². The monoisotopic (exact) mass is 500 g/mol. The molecule has 0 saturated heterocycles. The summed E-state index contributed by atoms with van der Waals surface area (Å²) in [6.07, 6.45) is 0.570. The summed E-state index contributed by atoms with van der Waals surface area (Å²) in [6.45, 7) is 2.87. The Morgan fingerprint density at radius 3 is 2.28 bits per heavy atom. The third-order valence-corrected chi connectivity index (χ3v) is 6.67. The molecular formula is C28H31F3N2O3. The lowest BCUT2D eigenvalue weighted by atomic mass is 9.97. The van der Waals surface area contributed by atoms with Gasteiger partial charge in [0.05, 0.1) is 7.11 Å². The van der Waals surface area contributed by atoms with Gasteiger partial charge in [0.1, 0.15) is 29.0 Å². The molecule has 0 spiro atoms. The first-order chi connectivity index (χ1) is 17.1. The highest BCUT2D eigenvalue weighted by atomic mass is 19.4. The number of carbonyl (C=O) groups is 1. The Balaban J connectivity index is 1.67. The van der Waals surface area contributed by atoms with E-state index in [0.29, 0.717) is 29.5 Å². The SMILES string of the molecule is COc1ccc(Oc2ccc3cc(C(=O)N[C@@H](C(C)C)C(F)(F)F)nc(CC4CCCC4)c3c2)cc1. The lowest BCUT2D eigenvalue weighted by Crippen LogP contribution is -2.48. The molecule has 1 fully saturated rings. The number of aromatic nitrogens is 1. The fourth-order valence-corrected chi connectivity index (χ4v) is 4.74. The molecule has 192 valence electrons.